The molecule has 0 saturated carbocycles. The molecule has 8 aromatic rings. The Bertz CT molecular complexity index is 2010. The summed E-state index contributed by atoms with van der Waals surface area (Å²) >= 11 is 0. The minimum absolute atomic E-state index is 0.502. The summed E-state index contributed by atoms with van der Waals surface area (Å²) in [6.45, 7) is 9.00. The standard InChI is InChI=1S/C31H25N5/c1-17(2)20-13-18(3)28(19(4)14-20)21-15-26-29-27(16-21)35-25-12-8-6-10-23(25)33-31(35)36(29)30-32-22-9-5-7-11-24(22)34(26)30/h5-17H,1-4H3. The molecule has 0 bridgehead atoms. The van der Waals surface area contributed by atoms with Crippen LogP contribution in [-0.4, -0.2) is 23.2 Å². The Morgan fingerprint density at radius 2 is 1.11 bits per heavy atom. The van der Waals surface area contributed by atoms with Crippen molar-refractivity contribution in [2.75, 3.05) is 0 Å². The molecule has 4 aromatic carbocycles. The van der Waals surface area contributed by atoms with Crippen LogP contribution < -0.4 is 0 Å². The number of benzene rings is 4. The molecule has 4 aromatic heterocycles. The summed E-state index contributed by atoms with van der Waals surface area (Å²) in [6, 6.07) is 26.1. The predicted molar refractivity (Wildman–Crippen MR) is 148 cm³/mol. The fourth-order valence-electron chi connectivity index (χ4n) is 6.20. The van der Waals surface area contributed by atoms with Crippen LogP contribution in [0.4, 0.5) is 0 Å². The number of hydrogen-bond acceptors (Lipinski definition) is 2. The molecule has 0 aliphatic carbocycles. The van der Waals surface area contributed by atoms with E-state index in [1.165, 1.54) is 27.8 Å². The highest BCUT2D eigenvalue weighted by atomic mass is 15.3. The number of imidazole rings is 4. The van der Waals surface area contributed by atoms with Gasteiger partial charge in [-0.05, 0) is 84.0 Å². The van der Waals surface area contributed by atoms with E-state index >= 15 is 0 Å². The van der Waals surface area contributed by atoms with Crippen molar-refractivity contribution < 1.29 is 0 Å². The van der Waals surface area contributed by atoms with Crippen molar-refractivity contribution in [2.24, 2.45) is 0 Å². The van der Waals surface area contributed by atoms with Crippen molar-refractivity contribution in [1.29, 1.82) is 0 Å². The molecule has 8 rings (SSSR count). The lowest BCUT2D eigenvalue weighted by atomic mass is 9.90. The maximum absolute atomic E-state index is 5.07. The van der Waals surface area contributed by atoms with E-state index in [1.807, 2.05) is 0 Å². The molecule has 5 heteroatoms. The van der Waals surface area contributed by atoms with E-state index < -0.39 is 0 Å². The highest BCUT2D eigenvalue weighted by Gasteiger charge is 2.25. The molecule has 0 N–H and O–H groups in total. The number of aryl methyl sites for hydroxylation is 2. The molecule has 0 saturated heterocycles. The van der Waals surface area contributed by atoms with Gasteiger partial charge in [-0.15, -0.1) is 0 Å². The molecule has 0 atom stereocenters. The van der Waals surface area contributed by atoms with Crippen LogP contribution in [0.1, 0.15) is 36.5 Å². The van der Waals surface area contributed by atoms with Gasteiger partial charge in [0.25, 0.3) is 0 Å². The van der Waals surface area contributed by atoms with E-state index in [-0.39, 0.29) is 0 Å². The van der Waals surface area contributed by atoms with Crippen LogP contribution in [-0.2, 0) is 0 Å². The number of fused-ring (bicyclic) bond motifs is 10. The third kappa shape index (κ3) is 2.35. The summed E-state index contributed by atoms with van der Waals surface area (Å²) in [7, 11) is 0. The largest absolute Gasteiger partial charge is 0.276 e. The van der Waals surface area contributed by atoms with E-state index in [9.17, 15) is 0 Å². The number of rotatable bonds is 2. The molecule has 0 aliphatic heterocycles. The first kappa shape index (κ1) is 19.9. The van der Waals surface area contributed by atoms with Gasteiger partial charge in [0.05, 0.1) is 33.1 Å². The first-order valence-electron chi connectivity index (χ1n) is 12.6. The molecule has 36 heavy (non-hydrogen) atoms. The highest BCUT2D eigenvalue weighted by molar-refractivity contribution is 6.06. The zero-order chi connectivity index (χ0) is 24.3. The third-order valence-electron chi connectivity index (χ3n) is 7.77. The van der Waals surface area contributed by atoms with Crippen molar-refractivity contribution in [3.05, 3.63) is 89.5 Å². The van der Waals surface area contributed by atoms with Gasteiger partial charge in [-0.2, -0.15) is 0 Å². The zero-order valence-corrected chi connectivity index (χ0v) is 20.7. The lowest BCUT2D eigenvalue weighted by Gasteiger charge is -2.15. The predicted octanol–water partition coefficient (Wildman–Crippen LogP) is 7.54. The van der Waals surface area contributed by atoms with Crippen molar-refractivity contribution in [2.45, 2.75) is 33.6 Å². The second-order valence-corrected chi connectivity index (χ2v) is 10.4. The summed E-state index contributed by atoms with van der Waals surface area (Å²) in [4.78, 5) is 10.1. The summed E-state index contributed by atoms with van der Waals surface area (Å²) in [5.41, 5.74) is 14.2. The van der Waals surface area contributed by atoms with Crippen molar-refractivity contribution in [3.63, 3.8) is 0 Å². The second kappa shape index (κ2) is 6.64. The molecule has 0 fully saturated rings. The molecule has 174 valence electrons. The van der Waals surface area contributed by atoms with E-state index in [1.54, 1.807) is 0 Å². The Kier molecular flexibility index (Phi) is 3.66. The second-order valence-electron chi connectivity index (χ2n) is 10.4. The Morgan fingerprint density at radius 1 is 0.611 bits per heavy atom. The van der Waals surface area contributed by atoms with E-state index in [4.69, 9.17) is 9.97 Å². The van der Waals surface area contributed by atoms with Crippen LogP contribution in [0.15, 0.2) is 72.8 Å². The molecule has 4 heterocycles. The van der Waals surface area contributed by atoms with Crippen LogP contribution >= 0.6 is 0 Å². The zero-order valence-electron chi connectivity index (χ0n) is 20.7. The van der Waals surface area contributed by atoms with Crippen LogP contribution in [0.3, 0.4) is 0 Å². The topological polar surface area (TPSA) is 39.0 Å². The van der Waals surface area contributed by atoms with Crippen molar-refractivity contribution in [1.82, 2.24) is 23.2 Å². The van der Waals surface area contributed by atoms with Crippen LogP contribution in [0, 0.1) is 13.8 Å². The van der Waals surface area contributed by atoms with Crippen molar-refractivity contribution >= 4 is 50.2 Å². The van der Waals surface area contributed by atoms with Crippen LogP contribution in [0.5, 0.6) is 0 Å². The van der Waals surface area contributed by atoms with E-state index in [2.05, 4.69) is 114 Å². The summed E-state index contributed by atoms with van der Waals surface area (Å²) < 4.78 is 6.83. The van der Waals surface area contributed by atoms with E-state index in [0.29, 0.717) is 5.92 Å². The van der Waals surface area contributed by atoms with Gasteiger partial charge in [0, 0.05) is 0 Å². The molecule has 0 spiro atoms. The van der Waals surface area contributed by atoms with E-state index in [0.717, 1.165) is 50.2 Å². The number of aromatic nitrogens is 5. The fraction of sp³-hybridized carbons (Fsp3) is 0.161. The van der Waals surface area contributed by atoms with Crippen LogP contribution in [0.25, 0.3) is 61.3 Å². The Hall–Kier alpha value is -4.38. The van der Waals surface area contributed by atoms with Gasteiger partial charge in [0.1, 0.15) is 5.52 Å². The molecule has 5 nitrogen and oxygen atoms in total. The summed E-state index contributed by atoms with van der Waals surface area (Å²) in [6.07, 6.45) is 0. The van der Waals surface area contributed by atoms with Gasteiger partial charge in [-0.3, -0.25) is 8.80 Å². The van der Waals surface area contributed by atoms with Crippen LogP contribution in [0.2, 0.25) is 0 Å². The molecule has 0 radical (unpaired) electrons. The molecular formula is C31H25N5. The Morgan fingerprint density at radius 3 is 1.61 bits per heavy atom. The summed E-state index contributed by atoms with van der Waals surface area (Å²) in [5.74, 6) is 2.31. The molecule has 0 unspecified atom stereocenters. The lowest BCUT2D eigenvalue weighted by molar-refractivity contribution is 0.863. The smallest absolute Gasteiger partial charge is 0.223 e. The quantitative estimate of drug-likeness (QED) is 0.263. The van der Waals surface area contributed by atoms with Gasteiger partial charge < -0.3 is 0 Å². The van der Waals surface area contributed by atoms with Gasteiger partial charge >= 0.3 is 0 Å². The number of para-hydroxylation sites is 4. The fourth-order valence-corrected chi connectivity index (χ4v) is 6.20. The van der Waals surface area contributed by atoms with Gasteiger partial charge in [0.15, 0.2) is 0 Å². The van der Waals surface area contributed by atoms with Gasteiger partial charge in [-0.1, -0.05) is 50.2 Å². The summed E-state index contributed by atoms with van der Waals surface area (Å²) in [5, 5.41) is 0. The molecule has 0 amide bonds. The first-order chi connectivity index (χ1) is 17.5. The average Bonchev–Trinajstić information content (AvgIpc) is 3.57. The van der Waals surface area contributed by atoms with Gasteiger partial charge in [0.2, 0.25) is 11.6 Å². The van der Waals surface area contributed by atoms with Crippen molar-refractivity contribution in [3.8, 4) is 11.1 Å². The maximum Gasteiger partial charge on any atom is 0.223 e. The normalized spacial score (nSPS) is 12.7. The highest BCUT2D eigenvalue weighted by Crippen LogP contribution is 2.39. The molecular weight excluding hydrogens is 442 g/mol. The average molecular weight is 468 g/mol. The van der Waals surface area contributed by atoms with Gasteiger partial charge in [-0.25, -0.2) is 14.4 Å². The molecule has 0 aliphatic rings. The minimum Gasteiger partial charge on any atom is -0.276 e. The Labute approximate surface area is 207 Å². The number of hydrogen-bond donors (Lipinski definition) is 0. The maximum atomic E-state index is 5.07. The monoisotopic (exact) mass is 467 g/mol. The Balaban J connectivity index is 1.61. The number of nitrogens with zero attached hydrogens (tertiary/aromatic N) is 5. The minimum atomic E-state index is 0.502. The SMILES string of the molecule is Cc1cc(C(C)C)cc(C)c1-c1cc2c3c(c1)n1c4ccccc4nc1n3c1nc3ccccc3n21. The third-order valence-corrected chi connectivity index (χ3v) is 7.77. The lowest BCUT2D eigenvalue weighted by Crippen LogP contribution is -1.95. The first-order valence-corrected chi connectivity index (χ1v) is 12.6.